The molecule has 22 heavy (non-hydrogen) atoms. The Morgan fingerprint density at radius 2 is 1.73 bits per heavy atom. The molecule has 122 valence electrons. The number of halogens is 2. The summed E-state index contributed by atoms with van der Waals surface area (Å²) >= 11 is 5.94. The van der Waals surface area contributed by atoms with Crippen molar-refractivity contribution in [2.24, 2.45) is 0 Å². The van der Waals surface area contributed by atoms with E-state index in [-0.39, 0.29) is 16.4 Å². The molecule has 1 aliphatic heterocycles. The van der Waals surface area contributed by atoms with Crippen LogP contribution in [0.15, 0.2) is 18.2 Å². The number of hydrogen-bond donors (Lipinski definition) is 1. The Labute approximate surface area is 138 Å². The molecule has 0 radical (unpaired) electrons. The van der Waals surface area contributed by atoms with Gasteiger partial charge in [0.15, 0.2) is 0 Å². The van der Waals surface area contributed by atoms with E-state index >= 15 is 0 Å². The van der Waals surface area contributed by atoms with Gasteiger partial charge < -0.3 is 10.2 Å². The van der Waals surface area contributed by atoms with Crippen LogP contribution in [0.25, 0.3) is 0 Å². The summed E-state index contributed by atoms with van der Waals surface area (Å²) in [4.78, 5) is 2.60. The van der Waals surface area contributed by atoms with Gasteiger partial charge in [0.25, 0.3) is 0 Å². The molecule has 0 atom stereocenters. The molecular formula is C18H26ClFN2. The summed E-state index contributed by atoms with van der Waals surface area (Å²) in [6.45, 7) is 3.53. The molecule has 1 aromatic carbocycles. The first-order chi connectivity index (χ1) is 10.7. The topological polar surface area (TPSA) is 15.3 Å². The third-order valence-corrected chi connectivity index (χ3v) is 5.40. The fourth-order valence-electron chi connectivity index (χ4n) is 3.98. The van der Waals surface area contributed by atoms with E-state index in [4.69, 9.17) is 11.6 Å². The number of anilines is 1. The van der Waals surface area contributed by atoms with Crippen molar-refractivity contribution in [2.75, 3.05) is 25.0 Å². The van der Waals surface area contributed by atoms with Crippen LogP contribution < -0.4 is 5.32 Å². The van der Waals surface area contributed by atoms with E-state index in [1.807, 2.05) is 6.07 Å². The van der Waals surface area contributed by atoms with E-state index in [1.165, 1.54) is 70.5 Å². The Balaban J connectivity index is 1.74. The third-order valence-electron chi connectivity index (χ3n) is 5.11. The Bertz CT molecular complexity index is 494. The maximum absolute atomic E-state index is 13.4. The molecule has 1 saturated heterocycles. The number of likely N-dealkylation sites (tertiary alicyclic amines) is 1. The minimum absolute atomic E-state index is 0.122. The maximum atomic E-state index is 13.4. The molecule has 1 aromatic rings. The van der Waals surface area contributed by atoms with Gasteiger partial charge in [-0.25, -0.2) is 4.39 Å². The predicted octanol–water partition coefficient (Wildman–Crippen LogP) is 5.08. The highest BCUT2D eigenvalue weighted by Gasteiger charge is 2.34. The maximum Gasteiger partial charge on any atom is 0.141 e. The zero-order valence-electron chi connectivity index (χ0n) is 13.2. The molecule has 1 saturated carbocycles. The van der Waals surface area contributed by atoms with Crippen LogP contribution >= 0.6 is 11.6 Å². The summed E-state index contributed by atoms with van der Waals surface area (Å²) in [6.07, 6.45) is 10.3. The van der Waals surface area contributed by atoms with Crippen molar-refractivity contribution in [3.8, 4) is 0 Å². The molecule has 0 spiro atoms. The normalized spacial score (nSPS) is 22.5. The molecule has 1 heterocycles. The predicted molar refractivity (Wildman–Crippen MR) is 91.1 cm³/mol. The second kappa shape index (κ2) is 7.18. The fraction of sp³-hybridized carbons (Fsp3) is 0.667. The lowest BCUT2D eigenvalue weighted by atomic mass is 9.80. The van der Waals surface area contributed by atoms with E-state index in [9.17, 15) is 4.39 Å². The first-order valence-electron chi connectivity index (χ1n) is 8.63. The summed E-state index contributed by atoms with van der Waals surface area (Å²) in [6, 6.07) is 5.00. The minimum atomic E-state index is -0.346. The molecule has 1 aliphatic carbocycles. The van der Waals surface area contributed by atoms with Crippen LogP contribution in [0.3, 0.4) is 0 Å². The molecule has 2 aliphatic rings. The first kappa shape index (κ1) is 16.1. The number of benzene rings is 1. The van der Waals surface area contributed by atoms with Crippen LogP contribution in [0, 0.1) is 5.82 Å². The van der Waals surface area contributed by atoms with Crippen LogP contribution in [0.4, 0.5) is 10.1 Å². The molecule has 2 nitrogen and oxygen atoms in total. The molecule has 0 unspecified atom stereocenters. The molecule has 0 aromatic heterocycles. The number of rotatable bonds is 4. The van der Waals surface area contributed by atoms with Gasteiger partial charge in [-0.3, -0.25) is 0 Å². The fourth-order valence-corrected chi connectivity index (χ4v) is 4.16. The van der Waals surface area contributed by atoms with Gasteiger partial charge in [-0.05, 0) is 57.0 Å². The van der Waals surface area contributed by atoms with Crippen molar-refractivity contribution < 1.29 is 4.39 Å². The lowest BCUT2D eigenvalue weighted by Gasteiger charge is -2.43. The Kier molecular flexibility index (Phi) is 5.25. The molecule has 1 N–H and O–H groups in total. The summed E-state index contributed by atoms with van der Waals surface area (Å²) in [5.74, 6) is -0.346. The van der Waals surface area contributed by atoms with Crippen LogP contribution in [0.2, 0.25) is 5.02 Å². The van der Waals surface area contributed by atoms with Gasteiger partial charge in [-0.15, -0.1) is 0 Å². The monoisotopic (exact) mass is 324 g/mol. The Morgan fingerprint density at radius 1 is 1.05 bits per heavy atom. The van der Waals surface area contributed by atoms with Crippen molar-refractivity contribution >= 4 is 17.3 Å². The van der Waals surface area contributed by atoms with E-state index < -0.39 is 0 Å². The summed E-state index contributed by atoms with van der Waals surface area (Å²) < 4.78 is 13.4. The minimum Gasteiger partial charge on any atom is -0.378 e. The van der Waals surface area contributed by atoms with E-state index in [0.717, 1.165) is 12.2 Å². The van der Waals surface area contributed by atoms with Crippen molar-refractivity contribution in [3.63, 3.8) is 0 Å². The largest absolute Gasteiger partial charge is 0.378 e. The average molecular weight is 325 g/mol. The molecular weight excluding hydrogens is 299 g/mol. The summed E-state index contributed by atoms with van der Waals surface area (Å²) in [5.41, 5.74) is 1.07. The smallest absolute Gasteiger partial charge is 0.141 e. The zero-order chi connectivity index (χ0) is 15.4. The van der Waals surface area contributed by atoms with Crippen LogP contribution in [0.1, 0.15) is 51.4 Å². The van der Waals surface area contributed by atoms with E-state index in [2.05, 4.69) is 10.2 Å². The van der Waals surface area contributed by atoms with Gasteiger partial charge in [0.2, 0.25) is 0 Å². The standard InChI is InChI=1S/C18H26ClFN2/c19-16-13-15(7-8-17(16)20)21-18(9-3-1-4-10-18)14-22-11-5-2-6-12-22/h7-8,13,21H,1-6,9-12,14H2. The third kappa shape index (κ3) is 3.94. The highest BCUT2D eigenvalue weighted by atomic mass is 35.5. The van der Waals surface area contributed by atoms with Crippen LogP contribution in [0.5, 0.6) is 0 Å². The zero-order valence-corrected chi connectivity index (χ0v) is 14.0. The second-order valence-corrected chi connectivity index (χ2v) is 7.34. The lowest BCUT2D eigenvalue weighted by Crippen LogP contribution is -2.51. The average Bonchev–Trinajstić information content (AvgIpc) is 2.53. The van der Waals surface area contributed by atoms with Gasteiger partial charge >= 0.3 is 0 Å². The van der Waals surface area contributed by atoms with Crippen LogP contribution in [-0.2, 0) is 0 Å². The van der Waals surface area contributed by atoms with Crippen molar-refractivity contribution in [2.45, 2.75) is 56.9 Å². The second-order valence-electron chi connectivity index (χ2n) is 6.93. The molecule has 0 amide bonds. The Morgan fingerprint density at radius 3 is 2.41 bits per heavy atom. The molecule has 3 rings (SSSR count). The van der Waals surface area contributed by atoms with Gasteiger partial charge in [0.05, 0.1) is 5.02 Å². The van der Waals surface area contributed by atoms with Gasteiger partial charge in [-0.2, -0.15) is 0 Å². The van der Waals surface area contributed by atoms with Gasteiger partial charge in [0.1, 0.15) is 5.82 Å². The molecule has 0 bridgehead atoms. The Hall–Kier alpha value is -0.800. The quantitative estimate of drug-likeness (QED) is 0.830. The van der Waals surface area contributed by atoms with Gasteiger partial charge in [-0.1, -0.05) is 37.3 Å². The highest BCUT2D eigenvalue weighted by Crippen LogP contribution is 2.34. The number of nitrogens with zero attached hydrogens (tertiary/aromatic N) is 1. The number of nitrogens with one attached hydrogen (secondary N) is 1. The summed E-state index contributed by atoms with van der Waals surface area (Å²) in [7, 11) is 0. The highest BCUT2D eigenvalue weighted by molar-refractivity contribution is 6.31. The van der Waals surface area contributed by atoms with E-state index in [1.54, 1.807) is 6.07 Å². The molecule has 2 fully saturated rings. The lowest BCUT2D eigenvalue weighted by molar-refractivity contribution is 0.162. The molecule has 4 heteroatoms. The first-order valence-corrected chi connectivity index (χ1v) is 9.00. The van der Waals surface area contributed by atoms with Crippen molar-refractivity contribution in [3.05, 3.63) is 29.0 Å². The van der Waals surface area contributed by atoms with Crippen molar-refractivity contribution in [1.82, 2.24) is 4.90 Å². The SMILES string of the molecule is Fc1ccc(NC2(CN3CCCCC3)CCCCC2)cc1Cl. The van der Waals surface area contributed by atoms with Gasteiger partial charge in [0, 0.05) is 17.8 Å². The van der Waals surface area contributed by atoms with Crippen LogP contribution in [-0.4, -0.2) is 30.1 Å². The number of hydrogen-bond acceptors (Lipinski definition) is 2. The number of piperidine rings is 1. The summed E-state index contributed by atoms with van der Waals surface area (Å²) in [5, 5.41) is 3.92. The van der Waals surface area contributed by atoms with E-state index in [0.29, 0.717) is 0 Å². The van der Waals surface area contributed by atoms with Crippen molar-refractivity contribution in [1.29, 1.82) is 0 Å².